The van der Waals surface area contributed by atoms with Crippen LogP contribution in [0.2, 0.25) is 0 Å². The summed E-state index contributed by atoms with van der Waals surface area (Å²) in [6.45, 7) is 3.45. The van der Waals surface area contributed by atoms with E-state index in [1.807, 2.05) is 24.3 Å². The molecule has 1 aliphatic heterocycles. The minimum absolute atomic E-state index is 0.0122. The molecule has 5 nitrogen and oxygen atoms in total. The number of nitrogens with zero attached hydrogens (tertiary/aromatic N) is 2. The number of para-hydroxylation sites is 1. The van der Waals surface area contributed by atoms with Gasteiger partial charge < -0.3 is 15.1 Å². The number of hydrogen-bond acceptors (Lipinski definition) is 2. The van der Waals surface area contributed by atoms with Crippen LogP contribution < -0.4 is 5.32 Å². The third-order valence-electron chi connectivity index (χ3n) is 3.82. The predicted molar refractivity (Wildman–Crippen MR) is 87.8 cm³/mol. The quantitative estimate of drug-likeness (QED) is 0.872. The number of carbonyl (C=O) groups is 2. The van der Waals surface area contributed by atoms with Gasteiger partial charge in [0.2, 0.25) is 5.91 Å². The van der Waals surface area contributed by atoms with Crippen molar-refractivity contribution in [2.24, 2.45) is 0 Å². The fraction of sp³-hybridized carbons (Fsp3) is 0.412. The van der Waals surface area contributed by atoms with E-state index in [9.17, 15) is 9.59 Å². The van der Waals surface area contributed by atoms with Crippen LogP contribution in [0.25, 0.3) is 0 Å². The molecule has 2 rings (SSSR count). The zero-order valence-electron chi connectivity index (χ0n) is 13.4. The van der Waals surface area contributed by atoms with Crippen molar-refractivity contribution in [1.29, 1.82) is 0 Å². The number of likely N-dealkylation sites (N-methyl/N-ethyl adjacent to an activating group) is 1. The zero-order chi connectivity index (χ0) is 16.1. The lowest BCUT2D eigenvalue weighted by atomic mass is 10.1. The highest BCUT2D eigenvalue weighted by molar-refractivity contribution is 5.91. The number of benzene rings is 1. The van der Waals surface area contributed by atoms with Crippen LogP contribution in [-0.4, -0.2) is 48.9 Å². The summed E-state index contributed by atoms with van der Waals surface area (Å²) in [4.78, 5) is 27.5. The maximum absolute atomic E-state index is 12.3. The summed E-state index contributed by atoms with van der Waals surface area (Å²) < 4.78 is 0. The highest BCUT2D eigenvalue weighted by atomic mass is 16.2. The van der Waals surface area contributed by atoms with Crippen molar-refractivity contribution in [3.05, 3.63) is 41.5 Å². The van der Waals surface area contributed by atoms with Crippen molar-refractivity contribution in [2.75, 3.05) is 32.5 Å². The highest BCUT2D eigenvalue weighted by Gasteiger charge is 2.17. The van der Waals surface area contributed by atoms with Gasteiger partial charge in [-0.3, -0.25) is 4.79 Å². The Morgan fingerprint density at radius 3 is 2.64 bits per heavy atom. The second kappa shape index (κ2) is 7.11. The minimum Gasteiger partial charge on any atom is -0.349 e. The number of urea groups is 1. The summed E-state index contributed by atoms with van der Waals surface area (Å²) >= 11 is 0. The van der Waals surface area contributed by atoms with E-state index < -0.39 is 0 Å². The Morgan fingerprint density at radius 2 is 2.00 bits per heavy atom. The van der Waals surface area contributed by atoms with Gasteiger partial charge in [-0.2, -0.15) is 0 Å². The molecule has 1 heterocycles. The van der Waals surface area contributed by atoms with E-state index in [1.165, 1.54) is 5.57 Å². The summed E-state index contributed by atoms with van der Waals surface area (Å²) in [6, 6.07) is 7.33. The van der Waals surface area contributed by atoms with Crippen molar-refractivity contribution in [1.82, 2.24) is 9.80 Å². The molecule has 0 aliphatic carbocycles. The molecule has 1 aromatic carbocycles. The van der Waals surface area contributed by atoms with Crippen LogP contribution >= 0.6 is 0 Å². The summed E-state index contributed by atoms with van der Waals surface area (Å²) in [5.41, 5.74) is 2.85. The number of hydrogen-bond donors (Lipinski definition) is 1. The number of amides is 3. The number of carbonyl (C=O) groups excluding carboxylic acids is 2. The van der Waals surface area contributed by atoms with Gasteiger partial charge in [-0.25, -0.2) is 4.79 Å². The van der Waals surface area contributed by atoms with Gasteiger partial charge in [-0.15, -0.1) is 0 Å². The molecule has 5 heteroatoms. The lowest BCUT2D eigenvalue weighted by molar-refractivity contribution is -0.127. The summed E-state index contributed by atoms with van der Waals surface area (Å²) in [6.07, 6.45) is 3.27. The molecule has 0 atom stereocenters. The molecule has 0 saturated heterocycles. The van der Waals surface area contributed by atoms with E-state index >= 15 is 0 Å². The van der Waals surface area contributed by atoms with Crippen LogP contribution in [-0.2, 0) is 11.2 Å². The fourth-order valence-corrected chi connectivity index (χ4v) is 2.27. The van der Waals surface area contributed by atoms with Crippen LogP contribution in [0, 0.1) is 0 Å². The predicted octanol–water partition coefficient (Wildman–Crippen LogP) is 2.50. The Labute approximate surface area is 131 Å². The van der Waals surface area contributed by atoms with Crippen LogP contribution in [0.5, 0.6) is 0 Å². The molecule has 0 unspecified atom stereocenters. The van der Waals surface area contributed by atoms with Gasteiger partial charge in [0.15, 0.2) is 0 Å². The Hall–Kier alpha value is -2.30. The number of nitrogens with one attached hydrogen (secondary N) is 1. The SMILES string of the molecule is CC1=CCN(C(=O)Nc2ccccc2CC(=O)N(C)C)CC1. The first-order chi connectivity index (χ1) is 10.5. The number of anilines is 1. The molecule has 3 amide bonds. The first-order valence-corrected chi connectivity index (χ1v) is 7.47. The average Bonchev–Trinajstić information content (AvgIpc) is 2.49. The standard InChI is InChI=1S/C17H23N3O2/c1-13-8-10-20(11-9-13)17(22)18-15-7-5-4-6-14(15)12-16(21)19(2)3/h4-8H,9-12H2,1-3H3,(H,18,22). The van der Waals surface area contributed by atoms with Gasteiger partial charge in [0.25, 0.3) is 0 Å². The molecular weight excluding hydrogens is 278 g/mol. The lowest BCUT2D eigenvalue weighted by Gasteiger charge is -2.26. The van der Waals surface area contributed by atoms with Gasteiger partial charge in [-0.1, -0.05) is 29.8 Å². The molecule has 1 aliphatic rings. The number of rotatable bonds is 3. The zero-order valence-corrected chi connectivity index (χ0v) is 13.4. The molecule has 0 bridgehead atoms. The van der Waals surface area contributed by atoms with Crippen LogP contribution in [0.15, 0.2) is 35.9 Å². The molecule has 1 N–H and O–H groups in total. The molecule has 118 valence electrons. The third-order valence-corrected chi connectivity index (χ3v) is 3.82. The van der Waals surface area contributed by atoms with Crippen LogP contribution in [0.4, 0.5) is 10.5 Å². The average molecular weight is 301 g/mol. The van der Waals surface area contributed by atoms with Gasteiger partial charge in [0.05, 0.1) is 6.42 Å². The van der Waals surface area contributed by atoms with Crippen molar-refractivity contribution < 1.29 is 9.59 Å². The van der Waals surface area contributed by atoms with Crippen molar-refractivity contribution >= 4 is 17.6 Å². The molecule has 0 radical (unpaired) electrons. The Morgan fingerprint density at radius 1 is 1.27 bits per heavy atom. The van der Waals surface area contributed by atoms with E-state index in [2.05, 4.69) is 18.3 Å². The van der Waals surface area contributed by atoms with Crippen molar-refractivity contribution in [3.63, 3.8) is 0 Å². The maximum atomic E-state index is 12.3. The summed E-state index contributed by atoms with van der Waals surface area (Å²) in [5, 5.41) is 2.93. The normalized spacial score (nSPS) is 14.3. The highest BCUT2D eigenvalue weighted by Crippen LogP contribution is 2.18. The molecule has 0 fully saturated rings. The molecule has 0 saturated carbocycles. The van der Waals surface area contributed by atoms with Gasteiger partial charge in [0.1, 0.15) is 0 Å². The maximum Gasteiger partial charge on any atom is 0.322 e. The Kier molecular flexibility index (Phi) is 5.20. The molecule has 0 spiro atoms. The summed E-state index contributed by atoms with van der Waals surface area (Å²) in [7, 11) is 3.46. The van der Waals surface area contributed by atoms with Crippen LogP contribution in [0.3, 0.4) is 0 Å². The van der Waals surface area contributed by atoms with E-state index in [-0.39, 0.29) is 18.4 Å². The Bertz CT molecular complexity index is 593. The largest absolute Gasteiger partial charge is 0.349 e. The first kappa shape index (κ1) is 16.1. The second-order valence-corrected chi connectivity index (χ2v) is 5.80. The van der Waals surface area contributed by atoms with Gasteiger partial charge in [-0.05, 0) is 25.0 Å². The van der Waals surface area contributed by atoms with E-state index in [0.717, 1.165) is 18.5 Å². The van der Waals surface area contributed by atoms with Gasteiger partial charge >= 0.3 is 6.03 Å². The third kappa shape index (κ3) is 4.10. The van der Waals surface area contributed by atoms with E-state index in [0.29, 0.717) is 12.2 Å². The first-order valence-electron chi connectivity index (χ1n) is 7.47. The van der Waals surface area contributed by atoms with Crippen molar-refractivity contribution in [3.8, 4) is 0 Å². The fourth-order valence-electron chi connectivity index (χ4n) is 2.27. The molecule has 1 aromatic rings. The van der Waals surface area contributed by atoms with Crippen LogP contribution in [0.1, 0.15) is 18.9 Å². The monoisotopic (exact) mass is 301 g/mol. The molecule has 22 heavy (non-hydrogen) atoms. The Balaban J connectivity index is 2.06. The smallest absolute Gasteiger partial charge is 0.322 e. The van der Waals surface area contributed by atoms with Gasteiger partial charge in [0, 0.05) is 32.9 Å². The lowest BCUT2D eigenvalue weighted by Crippen LogP contribution is -2.38. The summed E-state index contributed by atoms with van der Waals surface area (Å²) in [5.74, 6) is 0.0122. The minimum atomic E-state index is -0.117. The second-order valence-electron chi connectivity index (χ2n) is 5.80. The van der Waals surface area contributed by atoms with E-state index in [4.69, 9.17) is 0 Å². The molecule has 0 aromatic heterocycles. The topological polar surface area (TPSA) is 52.7 Å². The van der Waals surface area contributed by atoms with Crippen molar-refractivity contribution in [2.45, 2.75) is 19.8 Å². The molecular formula is C17H23N3O2. The van der Waals surface area contributed by atoms with E-state index in [1.54, 1.807) is 23.9 Å².